The van der Waals surface area contributed by atoms with E-state index >= 15 is 0 Å². The van der Waals surface area contributed by atoms with Gasteiger partial charge in [-0.2, -0.15) is 0 Å². The predicted molar refractivity (Wildman–Crippen MR) is 61.9 cm³/mol. The predicted octanol–water partition coefficient (Wildman–Crippen LogP) is 0.929. The lowest BCUT2D eigenvalue weighted by atomic mass is 10.1. The standard InChI is InChI=1S/C12H18N2O3/c1-3-9-11(12(16)17-4-2)14-6-5-8(15)7-10(14)13-9/h8,15H,3-7H2,1-2H3/t8-/m1/s1. The van der Waals surface area contributed by atoms with Crippen molar-refractivity contribution in [2.45, 2.75) is 45.8 Å². The minimum atomic E-state index is -0.343. The number of hydrogen-bond donors (Lipinski definition) is 1. The van der Waals surface area contributed by atoms with Gasteiger partial charge in [-0.15, -0.1) is 0 Å². The summed E-state index contributed by atoms with van der Waals surface area (Å²) in [6, 6.07) is 0. The Kier molecular flexibility index (Phi) is 3.47. The molecule has 1 aliphatic heterocycles. The van der Waals surface area contributed by atoms with Gasteiger partial charge in [0.25, 0.3) is 0 Å². The number of nitrogens with zero attached hydrogens (tertiary/aromatic N) is 2. The van der Waals surface area contributed by atoms with Crippen LogP contribution in [0.4, 0.5) is 0 Å². The van der Waals surface area contributed by atoms with Gasteiger partial charge in [-0.1, -0.05) is 6.92 Å². The summed E-state index contributed by atoms with van der Waals surface area (Å²) in [6.45, 7) is 4.76. The molecule has 0 fully saturated rings. The molecule has 0 aliphatic carbocycles. The second-order valence-corrected chi connectivity index (χ2v) is 4.20. The van der Waals surface area contributed by atoms with E-state index < -0.39 is 0 Å². The maximum absolute atomic E-state index is 11.9. The number of fused-ring (bicyclic) bond motifs is 1. The van der Waals surface area contributed by atoms with Crippen LogP contribution in [0.25, 0.3) is 0 Å². The van der Waals surface area contributed by atoms with E-state index in [2.05, 4.69) is 4.98 Å². The summed E-state index contributed by atoms with van der Waals surface area (Å²) in [5.74, 6) is 0.489. The fraction of sp³-hybridized carbons (Fsp3) is 0.667. The first kappa shape index (κ1) is 12.1. The molecular weight excluding hydrogens is 220 g/mol. The van der Waals surface area contributed by atoms with Crippen LogP contribution in [0.1, 0.15) is 42.3 Å². The molecule has 0 spiro atoms. The van der Waals surface area contributed by atoms with E-state index in [1.807, 2.05) is 11.5 Å². The van der Waals surface area contributed by atoms with Gasteiger partial charge in [0, 0.05) is 13.0 Å². The molecule has 5 heteroatoms. The van der Waals surface area contributed by atoms with E-state index in [4.69, 9.17) is 4.74 Å². The molecule has 0 unspecified atom stereocenters. The van der Waals surface area contributed by atoms with Crippen LogP contribution in [0, 0.1) is 0 Å². The van der Waals surface area contributed by atoms with Gasteiger partial charge in [0.15, 0.2) is 5.69 Å². The van der Waals surface area contributed by atoms with Crippen molar-refractivity contribution >= 4 is 5.97 Å². The molecule has 0 bridgehead atoms. The summed E-state index contributed by atoms with van der Waals surface area (Å²) in [5.41, 5.74) is 1.34. The second-order valence-electron chi connectivity index (χ2n) is 4.20. The summed E-state index contributed by atoms with van der Waals surface area (Å²) in [7, 11) is 0. The molecule has 1 aromatic rings. The van der Waals surface area contributed by atoms with Crippen molar-refractivity contribution in [2.75, 3.05) is 6.61 Å². The van der Waals surface area contributed by atoms with Gasteiger partial charge in [0.2, 0.25) is 0 Å². The van der Waals surface area contributed by atoms with Crippen LogP contribution in [0.3, 0.4) is 0 Å². The van der Waals surface area contributed by atoms with Gasteiger partial charge >= 0.3 is 5.97 Å². The largest absolute Gasteiger partial charge is 0.461 e. The lowest BCUT2D eigenvalue weighted by Crippen LogP contribution is -2.25. The molecule has 94 valence electrons. The Labute approximate surface area is 100 Å². The van der Waals surface area contributed by atoms with Gasteiger partial charge in [-0.25, -0.2) is 9.78 Å². The van der Waals surface area contributed by atoms with Gasteiger partial charge < -0.3 is 14.4 Å². The van der Waals surface area contributed by atoms with Crippen LogP contribution in [-0.4, -0.2) is 33.3 Å². The zero-order chi connectivity index (χ0) is 12.4. The summed E-state index contributed by atoms with van der Waals surface area (Å²) < 4.78 is 6.95. The maximum Gasteiger partial charge on any atom is 0.356 e. The van der Waals surface area contributed by atoms with Crippen molar-refractivity contribution in [1.82, 2.24) is 9.55 Å². The molecule has 0 aromatic carbocycles. The highest BCUT2D eigenvalue weighted by atomic mass is 16.5. The molecule has 0 saturated heterocycles. The molecule has 1 aromatic heterocycles. The molecule has 1 N–H and O–H groups in total. The van der Waals surface area contributed by atoms with Crippen molar-refractivity contribution in [3.63, 3.8) is 0 Å². The monoisotopic (exact) mass is 238 g/mol. The first-order valence-corrected chi connectivity index (χ1v) is 6.10. The van der Waals surface area contributed by atoms with Gasteiger partial charge in [0.1, 0.15) is 5.82 Å². The van der Waals surface area contributed by atoms with Gasteiger partial charge in [0.05, 0.1) is 18.4 Å². The van der Waals surface area contributed by atoms with E-state index in [-0.39, 0.29) is 12.1 Å². The third-order valence-electron chi connectivity index (χ3n) is 3.03. The van der Waals surface area contributed by atoms with E-state index in [0.717, 1.165) is 11.5 Å². The Morgan fingerprint density at radius 3 is 3.00 bits per heavy atom. The number of aryl methyl sites for hydroxylation is 1. The number of carbonyl (C=O) groups excluding carboxylic acids is 1. The van der Waals surface area contributed by atoms with Gasteiger partial charge in [-0.3, -0.25) is 0 Å². The lowest BCUT2D eigenvalue weighted by molar-refractivity contribution is 0.0506. The summed E-state index contributed by atoms with van der Waals surface area (Å²) >= 11 is 0. The average molecular weight is 238 g/mol. The van der Waals surface area contributed by atoms with Crippen LogP contribution in [0.5, 0.6) is 0 Å². The van der Waals surface area contributed by atoms with Crippen molar-refractivity contribution in [1.29, 1.82) is 0 Å². The number of aromatic nitrogens is 2. The SMILES string of the molecule is CCOC(=O)c1c(CC)nc2n1CC[C@@H](O)C2. The quantitative estimate of drug-likeness (QED) is 0.796. The van der Waals surface area contributed by atoms with E-state index in [9.17, 15) is 9.90 Å². The van der Waals surface area contributed by atoms with Crippen LogP contribution in [0.15, 0.2) is 0 Å². The Balaban J connectivity index is 2.39. The third kappa shape index (κ3) is 2.20. The molecule has 17 heavy (non-hydrogen) atoms. The zero-order valence-corrected chi connectivity index (χ0v) is 10.3. The Bertz CT molecular complexity index is 426. The van der Waals surface area contributed by atoms with E-state index in [1.165, 1.54) is 0 Å². The zero-order valence-electron chi connectivity index (χ0n) is 10.3. The first-order chi connectivity index (χ1) is 8.17. The highest BCUT2D eigenvalue weighted by molar-refractivity contribution is 5.89. The highest BCUT2D eigenvalue weighted by Gasteiger charge is 2.27. The first-order valence-electron chi connectivity index (χ1n) is 6.10. The topological polar surface area (TPSA) is 64.3 Å². The summed E-state index contributed by atoms with van der Waals surface area (Å²) in [6.07, 6.45) is 1.54. The van der Waals surface area contributed by atoms with Crippen molar-refractivity contribution < 1.29 is 14.6 Å². The summed E-state index contributed by atoms with van der Waals surface area (Å²) in [5, 5.41) is 9.60. The number of aliphatic hydroxyl groups is 1. The molecule has 2 heterocycles. The van der Waals surface area contributed by atoms with Crippen LogP contribution in [-0.2, 0) is 24.1 Å². The number of carbonyl (C=O) groups is 1. The Hall–Kier alpha value is -1.36. The number of aliphatic hydroxyl groups excluding tert-OH is 1. The third-order valence-corrected chi connectivity index (χ3v) is 3.03. The molecule has 0 radical (unpaired) electrons. The molecule has 0 saturated carbocycles. The molecule has 1 aliphatic rings. The molecule has 5 nitrogen and oxygen atoms in total. The van der Waals surface area contributed by atoms with Crippen LogP contribution < -0.4 is 0 Å². The molecule has 1 atom stereocenters. The number of imidazole rings is 1. The van der Waals surface area contributed by atoms with Crippen LogP contribution in [0.2, 0.25) is 0 Å². The molecule has 0 amide bonds. The fourth-order valence-electron chi connectivity index (χ4n) is 2.22. The maximum atomic E-state index is 11.9. The summed E-state index contributed by atoms with van der Waals surface area (Å²) in [4.78, 5) is 16.3. The lowest BCUT2D eigenvalue weighted by Gasteiger charge is -2.20. The van der Waals surface area contributed by atoms with Crippen molar-refractivity contribution in [3.8, 4) is 0 Å². The van der Waals surface area contributed by atoms with Crippen LogP contribution >= 0.6 is 0 Å². The number of rotatable bonds is 3. The van der Waals surface area contributed by atoms with Crippen molar-refractivity contribution in [2.24, 2.45) is 0 Å². The number of hydrogen-bond acceptors (Lipinski definition) is 4. The molecular formula is C12H18N2O3. The smallest absolute Gasteiger partial charge is 0.356 e. The Morgan fingerprint density at radius 2 is 2.35 bits per heavy atom. The molecule has 2 rings (SSSR count). The minimum Gasteiger partial charge on any atom is -0.461 e. The normalized spacial score (nSPS) is 18.9. The number of ether oxygens (including phenoxy) is 1. The second kappa shape index (κ2) is 4.87. The highest BCUT2D eigenvalue weighted by Crippen LogP contribution is 2.21. The van der Waals surface area contributed by atoms with Gasteiger partial charge in [-0.05, 0) is 19.8 Å². The van der Waals surface area contributed by atoms with E-state index in [0.29, 0.717) is 38.1 Å². The van der Waals surface area contributed by atoms with E-state index in [1.54, 1.807) is 6.92 Å². The minimum absolute atomic E-state index is 0.306. The average Bonchev–Trinajstić information content (AvgIpc) is 2.66. The van der Waals surface area contributed by atoms with Crippen molar-refractivity contribution in [3.05, 3.63) is 17.2 Å². The fourth-order valence-corrected chi connectivity index (χ4v) is 2.22. The number of esters is 1. The Morgan fingerprint density at radius 1 is 1.59 bits per heavy atom.